The van der Waals surface area contributed by atoms with Gasteiger partial charge in [0.05, 0.1) is 6.61 Å². The van der Waals surface area contributed by atoms with Crippen LogP contribution in [0.5, 0.6) is 0 Å². The second-order valence-corrected chi connectivity index (χ2v) is 5.98. The number of esters is 2. The van der Waals surface area contributed by atoms with E-state index in [1.54, 1.807) is 0 Å². The second-order valence-electron chi connectivity index (χ2n) is 5.98. The van der Waals surface area contributed by atoms with Gasteiger partial charge in [-0.25, -0.2) is 9.59 Å². The van der Waals surface area contributed by atoms with E-state index >= 15 is 0 Å². The summed E-state index contributed by atoms with van der Waals surface area (Å²) in [5.41, 5.74) is 0. The molecule has 0 aliphatic carbocycles. The Hall–Kier alpha value is -0.420. The number of aliphatic hydroxyl groups excluding tert-OH is 8. The van der Waals surface area contributed by atoms with Crippen LogP contribution in [0.3, 0.4) is 0 Å². The maximum atomic E-state index is 11.3. The molecule has 13 nitrogen and oxygen atoms in total. The topological polar surface area (TPSA) is 224 Å². The molecule has 0 aliphatic rings. The summed E-state index contributed by atoms with van der Waals surface area (Å²) in [7, 11) is 0. The van der Waals surface area contributed by atoms with E-state index in [1.165, 1.54) is 0 Å². The molecule has 0 heterocycles. The minimum absolute atomic E-state index is 0. The third-order valence-corrected chi connectivity index (χ3v) is 3.41. The van der Waals surface area contributed by atoms with Crippen molar-refractivity contribution in [2.24, 2.45) is 0 Å². The number of hydrogen-bond acceptors (Lipinski definition) is 13. The maximum absolute atomic E-state index is 11.3. The number of carbonyl (C=O) groups is 2. The number of ether oxygens (including phenoxy) is 3. The summed E-state index contributed by atoms with van der Waals surface area (Å²) in [4.78, 5) is 22.6. The SMILES string of the molecule is CC(O)C(=O)OCC(COC(=O)C(C)O)OC(O)[C@H](O)[C@@H](O)[C@H](O)[C@H](O)CO.[NaH]. The van der Waals surface area contributed by atoms with Gasteiger partial charge in [-0.05, 0) is 13.8 Å². The predicted molar refractivity (Wildman–Crippen MR) is 94.4 cm³/mol. The molecule has 0 aromatic heterocycles. The van der Waals surface area contributed by atoms with Crippen molar-refractivity contribution >= 4 is 41.5 Å². The summed E-state index contributed by atoms with van der Waals surface area (Å²) in [5, 5.41) is 75.0. The molecule has 0 aliphatic heterocycles. The van der Waals surface area contributed by atoms with Crippen molar-refractivity contribution in [1.29, 1.82) is 0 Å². The standard InChI is InChI=1S/C15H28O13.Na.H/c1-6(17)13(23)26-4-8(5-27-14(24)7(2)18)28-15(25)12(22)11(21)10(20)9(19)3-16;;/h6-12,15-22,25H,3-5H2,1-2H3;;/t6?,7?,8?,9-,10-,11+,12-,15?;;/m1../s1. The molecule has 0 rings (SSSR count). The van der Waals surface area contributed by atoms with Crippen LogP contribution < -0.4 is 0 Å². The molecule has 0 radical (unpaired) electrons. The van der Waals surface area contributed by atoms with Crippen LogP contribution in [0.25, 0.3) is 0 Å². The first-order chi connectivity index (χ1) is 12.9. The summed E-state index contributed by atoms with van der Waals surface area (Å²) in [6, 6.07) is 0. The first kappa shape index (κ1) is 30.8. The second kappa shape index (κ2) is 15.4. The monoisotopic (exact) mass is 440 g/mol. The van der Waals surface area contributed by atoms with Crippen LogP contribution in [0, 0.1) is 0 Å². The van der Waals surface area contributed by atoms with Crippen LogP contribution in [0.2, 0.25) is 0 Å². The van der Waals surface area contributed by atoms with E-state index in [1.807, 2.05) is 0 Å². The molecule has 0 spiro atoms. The van der Waals surface area contributed by atoms with E-state index in [0.717, 1.165) is 13.8 Å². The molecule has 0 aromatic carbocycles. The Morgan fingerprint density at radius 3 is 1.52 bits per heavy atom. The molecule has 3 unspecified atom stereocenters. The molecule has 168 valence electrons. The van der Waals surface area contributed by atoms with E-state index in [4.69, 9.17) is 20.1 Å². The van der Waals surface area contributed by atoms with Gasteiger partial charge in [0, 0.05) is 0 Å². The van der Waals surface area contributed by atoms with Crippen molar-refractivity contribution in [3.8, 4) is 0 Å². The fourth-order valence-electron chi connectivity index (χ4n) is 1.70. The van der Waals surface area contributed by atoms with Gasteiger partial charge in [0.15, 0.2) is 6.29 Å². The Labute approximate surface area is 188 Å². The molecular weight excluding hydrogens is 411 g/mol. The number of aliphatic hydroxyl groups is 8. The van der Waals surface area contributed by atoms with Crippen LogP contribution in [0.4, 0.5) is 0 Å². The Morgan fingerprint density at radius 2 is 1.17 bits per heavy atom. The van der Waals surface area contributed by atoms with Crippen LogP contribution >= 0.6 is 0 Å². The van der Waals surface area contributed by atoms with Crippen molar-refractivity contribution in [3.63, 3.8) is 0 Å². The number of carbonyl (C=O) groups excluding carboxylic acids is 2. The molecule has 0 fully saturated rings. The van der Waals surface area contributed by atoms with Gasteiger partial charge in [-0.15, -0.1) is 0 Å². The summed E-state index contributed by atoms with van der Waals surface area (Å²) in [6.45, 7) is -0.00485. The zero-order valence-corrected chi connectivity index (χ0v) is 15.4. The van der Waals surface area contributed by atoms with Crippen LogP contribution in [0.15, 0.2) is 0 Å². The van der Waals surface area contributed by atoms with Crippen molar-refractivity contribution in [1.82, 2.24) is 0 Å². The Balaban J connectivity index is 0. The fraction of sp³-hybridized carbons (Fsp3) is 0.867. The molecule has 0 saturated carbocycles. The van der Waals surface area contributed by atoms with Gasteiger partial charge >= 0.3 is 41.5 Å². The molecule has 0 aromatic rings. The van der Waals surface area contributed by atoms with Gasteiger partial charge in [-0.2, -0.15) is 0 Å². The summed E-state index contributed by atoms with van der Waals surface area (Å²) < 4.78 is 14.2. The van der Waals surface area contributed by atoms with Crippen molar-refractivity contribution in [2.75, 3.05) is 19.8 Å². The van der Waals surface area contributed by atoms with Gasteiger partial charge in [0.25, 0.3) is 0 Å². The summed E-state index contributed by atoms with van der Waals surface area (Å²) in [6.07, 6.45) is -14.7. The predicted octanol–water partition coefficient (Wildman–Crippen LogP) is -5.67. The quantitative estimate of drug-likeness (QED) is 0.0760. The van der Waals surface area contributed by atoms with E-state index in [0.29, 0.717) is 0 Å². The number of hydrogen-bond donors (Lipinski definition) is 8. The Morgan fingerprint density at radius 1 is 0.759 bits per heavy atom. The molecule has 29 heavy (non-hydrogen) atoms. The van der Waals surface area contributed by atoms with E-state index in [-0.39, 0.29) is 29.6 Å². The van der Waals surface area contributed by atoms with E-state index < -0.39 is 80.8 Å². The van der Waals surface area contributed by atoms with Gasteiger partial charge < -0.3 is 55.1 Å². The molecule has 7 atom stereocenters. The molecule has 0 saturated heterocycles. The van der Waals surface area contributed by atoms with Gasteiger partial charge in [0.2, 0.25) is 0 Å². The minimum atomic E-state index is -2.21. The van der Waals surface area contributed by atoms with Crippen LogP contribution in [-0.4, -0.2) is 151 Å². The van der Waals surface area contributed by atoms with Crippen molar-refractivity contribution < 1.29 is 64.7 Å². The van der Waals surface area contributed by atoms with Crippen LogP contribution in [0.1, 0.15) is 13.8 Å². The summed E-state index contributed by atoms with van der Waals surface area (Å²) in [5.74, 6) is -2.13. The average Bonchev–Trinajstić information content (AvgIpc) is 2.66. The first-order valence-corrected chi connectivity index (χ1v) is 8.28. The molecule has 14 heteroatoms. The molecular formula is C15H29NaO13. The normalized spacial score (nSPS) is 19.5. The zero-order chi connectivity index (χ0) is 22.0. The van der Waals surface area contributed by atoms with Gasteiger partial charge in [0.1, 0.15) is 55.9 Å². The third-order valence-electron chi connectivity index (χ3n) is 3.41. The van der Waals surface area contributed by atoms with Crippen molar-refractivity contribution in [3.05, 3.63) is 0 Å². The van der Waals surface area contributed by atoms with Crippen LogP contribution in [-0.2, 0) is 23.8 Å². The van der Waals surface area contributed by atoms with E-state index in [2.05, 4.69) is 9.47 Å². The Bertz CT molecular complexity index is 451. The molecule has 8 N–H and O–H groups in total. The molecule has 0 amide bonds. The molecule has 0 bridgehead atoms. The first-order valence-electron chi connectivity index (χ1n) is 8.28. The van der Waals surface area contributed by atoms with E-state index in [9.17, 15) is 35.1 Å². The van der Waals surface area contributed by atoms with Gasteiger partial charge in [-0.1, -0.05) is 0 Å². The fourth-order valence-corrected chi connectivity index (χ4v) is 1.70. The summed E-state index contributed by atoms with van der Waals surface area (Å²) >= 11 is 0. The Kier molecular flexibility index (Phi) is 16.3. The number of rotatable bonds is 13. The zero-order valence-electron chi connectivity index (χ0n) is 15.4. The third kappa shape index (κ3) is 11.5. The van der Waals surface area contributed by atoms with Crippen molar-refractivity contribution in [2.45, 2.75) is 62.9 Å². The average molecular weight is 440 g/mol. The van der Waals surface area contributed by atoms with Gasteiger partial charge in [-0.3, -0.25) is 0 Å².